The molecule has 1 N–H and O–H groups in total. The van der Waals surface area contributed by atoms with Crippen LogP contribution in [-0.2, 0) is 9.31 Å². The number of carbonyl (C=O) groups excluding carboxylic acids is 1. The average Bonchev–Trinajstić information content (AvgIpc) is 2.47. The molecule has 0 amide bonds. The van der Waals surface area contributed by atoms with Gasteiger partial charge in [-0.2, -0.15) is 0 Å². The van der Waals surface area contributed by atoms with E-state index in [0.29, 0.717) is 5.56 Å². The summed E-state index contributed by atoms with van der Waals surface area (Å²) in [7, 11) is -0.522. The molecule has 1 aromatic carbocycles. The third-order valence-corrected chi connectivity index (χ3v) is 3.84. The van der Waals surface area contributed by atoms with Crippen LogP contribution in [0.1, 0.15) is 38.1 Å². The molecule has 0 aromatic heterocycles. The van der Waals surface area contributed by atoms with E-state index in [2.05, 4.69) is 0 Å². The highest BCUT2D eigenvalue weighted by Gasteiger charge is 2.51. The van der Waals surface area contributed by atoms with Gasteiger partial charge in [-0.05, 0) is 52.0 Å². The van der Waals surface area contributed by atoms with Crippen molar-refractivity contribution in [1.29, 1.82) is 0 Å². The smallest absolute Gasteiger partial charge is 0.465 e. The number of hydrogen-bond acceptors (Lipinski definition) is 4. The van der Waals surface area contributed by atoms with E-state index in [4.69, 9.17) is 9.31 Å². The Morgan fingerprint density at radius 2 is 1.58 bits per heavy atom. The van der Waals surface area contributed by atoms with Crippen molar-refractivity contribution >= 4 is 12.9 Å². The Morgan fingerprint density at radius 1 is 1.11 bits per heavy atom. The minimum Gasteiger partial charge on any atom is -0.508 e. The van der Waals surface area contributed by atoms with Crippen molar-refractivity contribution in [3.63, 3.8) is 0 Å². The maximum Gasteiger partial charge on any atom is 0.465 e. The van der Waals surface area contributed by atoms with Crippen LogP contribution in [-0.4, -0.2) is 29.2 Å². The van der Waals surface area contributed by atoms with Crippen LogP contribution in [0, 0.1) is 0 Å². The van der Waals surface area contributed by atoms with E-state index in [1.807, 2.05) is 27.7 Å². The molecule has 0 spiro atoms. The fourth-order valence-corrected chi connectivity index (χ4v) is 1.96. The molecular weight excluding hydrogens is 243 g/mol. The second-order valence-electron chi connectivity index (χ2n) is 5.86. The summed E-state index contributed by atoms with van der Waals surface area (Å²) in [5, 5.41) is 9.20. The molecule has 0 atom stereocenters. The summed E-state index contributed by atoms with van der Waals surface area (Å²) in [6, 6.07) is 6.20. The Balaban J connectivity index is 2.03. The van der Waals surface area contributed by atoms with E-state index in [9.17, 15) is 9.90 Å². The summed E-state index contributed by atoms with van der Waals surface area (Å²) in [4.78, 5) is 12.1. The quantitative estimate of drug-likeness (QED) is 0.672. The number of Topliss-reactive ketones (excluding diaryl/α,β-unsaturated/α-hetero) is 1. The number of hydrogen-bond donors (Lipinski definition) is 1. The van der Waals surface area contributed by atoms with Gasteiger partial charge < -0.3 is 14.4 Å². The second-order valence-corrected chi connectivity index (χ2v) is 5.86. The highest BCUT2D eigenvalue weighted by atomic mass is 16.7. The molecule has 1 aliphatic heterocycles. The fourth-order valence-electron chi connectivity index (χ4n) is 1.96. The topological polar surface area (TPSA) is 55.8 Å². The predicted molar refractivity (Wildman–Crippen MR) is 73.3 cm³/mol. The van der Waals surface area contributed by atoms with E-state index < -0.39 is 18.3 Å². The number of carbonyl (C=O) groups is 1. The summed E-state index contributed by atoms with van der Waals surface area (Å²) in [6.45, 7) is 7.83. The molecule has 0 saturated carbocycles. The summed E-state index contributed by atoms with van der Waals surface area (Å²) in [6.07, 6.45) is 0.178. The van der Waals surface area contributed by atoms with Gasteiger partial charge in [-0.25, -0.2) is 0 Å². The largest absolute Gasteiger partial charge is 0.508 e. The zero-order valence-corrected chi connectivity index (χ0v) is 11.8. The Kier molecular flexibility index (Phi) is 3.45. The van der Waals surface area contributed by atoms with E-state index >= 15 is 0 Å². The Bertz CT molecular complexity index is 463. The van der Waals surface area contributed by atoms with Crippen molar-refractivity contribution in [3.05, 3.63) is 29.8 Å². The molecule has 1 fully saturated rings. The molecule has 2 rings (SSSR count). The standard InChI is InChI=1S/C14H19BO4/c1-13(2)14(3,4)19-15(18-13)9-12(17)10-5-7-11(16)8-6-10/h5-8,16H,9H2,1-4H3. The number of aromatic hydroxyl groups is 1. The Morgan fingerprint density at radius 3 is 2.05 bits per heavy atom. The number of ketones is 1. The first kappa shape index (κ1) is 14.1. The van der Waals surface area contributed by atoms with Gasteiger partial charge in [0.15, 0.2) is 5.78 Å². The summed E-state index contributed by atoms with van der Waals surface area (Å²) < 4.78 is 11.6. The van der Waals surface area contributed by atoms with Crippen LogP contribution in [0.15, 0.2) is 24.3 Å². The summed E-state index contributed by atoms with van der Waals surface area (Å²) in [5.74, 6) is 0.0886. The van der Waals surface area contributed by atoms with Crippen molar-refractivity contribution < 1.29 is 19.2 Å². The van der Waals surface area contributed by atoms with Gasteiger partial charge in [0.05, 0.1) is 11.2 Å². The zero-order valence-electron chi connectivity index (χ0n) is 11.8. The van der Waals surface area contributed by atoms with E-state index in [-0.39, 0.29) is 17.9 Å². The number of rotatable bonds is 3. The monoisotopic (exact) mass is 262 g/mol. The first-order chi connectivity index (χ1) is 8.71. The third kappa shape index (κ3) is 2.82. The van der Waals surface area contributed by atoms with Gasteiger partial charge in [-0.15, -0.1) is 0 Å². The lowest BCUT2D eigenvalue weighted by Crippen LogP contribution is -2.41. The molecule has 1 aliphatic rings. The third-order valence-electron chi connectivity index (χ3n) is 3.84. The molecule has 0 radical (unpaired) electrons. The predicted octanol–water partition coefficient (Wildman–Crippen LogP) is 2.67. The van der Waals surface area contributed by atoms with Crippen molar-refractivity contribution in [2.24, 2.45) is 0 Å². The van der Waals surface area contributed by atoms with E-state index in [1.165, 1.54) is 12.1 Å². The average molecular weight is 262 g/mol. The highest BCUT2D eigenvalue weighted by Crippen LogP contribution is 2.37. The molecule has 102 valence electrons. The minimum absolute atomic E-state index is 0.0569. The molecule has 19 heavy (non-hydrogen) atoms. The van der Waals surface area contributed by atoms with Gasteiger partial charge >= 0.3 is 7.12 Å². The van der Waals surface area contributed by atoms with Crippen LogP contribution in [0.25, 0.3) is 0 Å². The van der Waals surface area contributed by atoms with Gasteiger partial charge in [0.2, 0.25) is 0 Å². The molecule has 4 nitrogen and oxygen atoms in total. The van der Waals surface area contributed by atoms with Gasteiger partial charge in [-0.1, -0.05) is 0 Å². The lowest BCUT2D eigenvalue weighted by molar-refractivity contribution is 0.00578. The Labute approximate surface area is 113 Å². The van der Waals surface area contributed by atoms with Crippen LogP contribution in [0.5, 0.6) is 5.75 Å². The van der Waals surface area contributed by atoms with Gasteiger partial charge in [0.1, 0.15) is 5.75 Å². The maximum atomic E-state index is 12.1. The molecular formula is C14H19BO4. The SMILES string of the molecule is CC1(C)OB(CC(=O)c2ccc(O)cc2)OC1(C)C. The van der Waals surface area contributed by atoms with Crippen molar-refractivity contribution in [1.82, 2.24) is 0 Å². The van der Waals surface area contributed by atoms with Crippen molar-refractivity contribution in [2.75, 3.05) is 0 Å². The van der Waals surface area contributed by atoms with Crippen LogP contribution < -0.4 is 0 Å². The van der Waals surface area contributed by atoms with Crippen LogP contribution in [0.2, 0.25) is 6.32 Å². The van der Waals surface area contributed by atoms with Crippen LogP contribution in [0.4, 0.5) is 0 Å². The molecule has 0 bridgehead atoms. The van der Waals surface area contributed by atoms with Gasteiger partial charge in [0.25, 0.3) is 0 Å². The number of benzene rings is 1. The highest BCUT2D eigenvalue weighted by molar-refractivity contribution is 6.51. The summed E-state index contributed by atoms with van der Waals surface area (Å²) in [5.41, 5.74) is -0.299. The molecule has 1 heterocycles. The zero-order chi connectivity index (χ0) is 14.3. The molecule has 1 aromatic rings. The van der Waals surface area contributed by atoms with Gasteiger partial charge in [-0.3, -0.25) is 4.79 Å². The number of phenolic OH excluding ortho intramolecular Hbond substituents is 1. The van der Waals surface area contributed by atoms with E-state index in [0.717, 1.165) is 0 Å². The maximum absolute atomic E-state index is 12.1. The number of phenols is 1. The second kappa shape index (κ2) is 4.65. The normalized spacial score (nSPS) is 20.5. The van der Waals surface area contributed by atoms with Gasteiger partial charge in [0, 0.05) is 11.9 Å². The molecule has 0 unspecified atom stereocenters. The fraction of sp³-hybridized carbons (Fsp3) is 0.500. The lowest BCUT2D eigenvalue weighted by Gasteiger charge is -2.32. The summed E-state index contributed by atoms with van der Waals surface area (Å²) >= 11 is 0. The molecule has 0 aliphatic carbocycles. The minimum atomic E-state index is -0.522. The Hall–Kier alpha value is -1.33. The van der Waals surface area contributed by atoms with Crippen LogP contribution in [0.3, 0.4) is 0 Å². The van der Waals surface area contributed by atoms with E-state index in [1.54, 1.807) is 12.1 Å². The first-order valence-electron chi connectivity index (χ1n) is 6.39. The lowest BCUT2D eigenvalue weighted by atomic mass is 9.80. The molecule has 5 heteroatoms. The van der Waals surface area contributed by atoms with Crippen LogP contribution >= 0.6 is 0 Å². The molecule has 1 saturated heterocycles. The first-order valence-corrected chi connectivity index (χ1v) is 6.39. The van der Waals surface area contributed by atoms with Crippen molar-refractivity contribution in [3.8, 4) is 5.75 Å². The van der Waals surface area contributed by atoms with Crippen molar-refractivity contribution in [2.45, 2.75) is 45.2 Å².